The number of nitrogens with one attached hydrogen (secondary N) is 1. The monoisotopic (exact) mass is 495 g/mol. The van der Waals surface area contributed by atoms with Crippen LogP contribution in [0.4, 0.5) is 0 Å². The molecule has 1 amide bonds. The zero-order chi connectivity index (χ0) is 25.5. The van der Waals surface area contributed by atoms with Crippen molar-refractivity contribution in [2.75, 3.05) is 20.2 Å². The highest BCUT2D eigenvalue weighted by Gasteiger charge is 2.13. The van der Waals surface area contributed by atoms with Crippen LogP contribution in [0.5, 0.6) is 5.75 Å². The van der Waals surface area contributed by atoms with Crippen LogP contribution in [-0.2, 0) is 24.3 Å². The smallest absolute Gasteiger partial charge is 0.220 e. The number of nitrogens with zero attached hydrogens (tertiary/aromatic N) is 2. The fourth-order valence-electron chi connectivity index (χ4n) is 4.76. The molecule has 37 heavy (non-hydrogen) atoms. The summed E-state index contributed by atoms with van der Waals surface area (Å²) in [7, 11) is 1.64. The lowest BCUT2D eigenvalue weighted by Crippen LogP contribution is -2.23. The molecule has 1 aromatic heterocycles. The highest BCUT2D eigenvalue weighted by molar-refractivity contribution is 5.76. The molecule has 0 unspecified atom stereocenters. The van der Waals surface area contributed by atoms with Crippen molar-refractivity contribution in [2.24, 2.45) is 0 Å². The molecule has 1 aliphatic heterocycles. The van der Waals surface area contributed by atoms with Crippen molar-refractivity contribution < 1.29 is 13.9 Å². The van der Waals surface area contributed by atoms with Crippen LogP contribution in [-0.4, -0.2) is 36.0 Å². The summed E-state index contributed by atoms with van der Waals surface area (Å²) < 4.78 is 11.0. The maximum absolute atomic E-state index is 12.6. The van der Waals surface area contributed by atoms with Gasteiger partial charge in [0.15, 0.2) is 11.7 Å². The first-order valence-corrected chi connectivity index (χ1v) is 12.9. The van der Waals surface area contributed by atoms with Crippen molar-refractivity contribution in [1.29, 1.82) is 0 Å². The van der Waals surface area contributed by atoms with Gasteiger partial charge in [0.25, 0.3) is 0 Å². The van der Waals surface area contributed by atoms with Gasteiger partial charge in [0, 0.05) is 31.5 Å². The first-order chi connectivity index (χ1) is 18.2. The number of amides is 1. The fraction of sp³-hybridized carbons (Fsp3) is 0.290. The van der Waals surface area contributed by atoms with E-state index in [0.29, 0.717) is 31.0 Å². The molecule has 190 valence electrons. The Morgan fingerprint density at radius 2 is 1.70 bits per heavy atom. The lowest BCUT2D eigenvalue weighted by molar-refractivity contribution is -0.121. The maximum atomic E-state index is 12.6. The van der Waals surface area contributed by atoms with Gasteiger partial charge in [0.05, 0.1) is 13.3 Å². The molecule has 2 heterocycles. The zero-order valence-electron chi connectivity index (χ0n) is 21.3. The summed E-state index contributed by atoms with van der Waals surface area (Å²) in [6.07, 6.45) is 5.07. The molecule has 0 radical (unpaired) electrons. The summed E-state index contributed by atoms with van der Waals surface area (Å²) in [5.74, 6) is 1.99. The molecule has 4 aromatic rings. The summed E-state index contributed by atoms with van der Waals surface area (Å²) in [5.41, 5.74) is 5.68. The molecule has 5 rings (SSSR count). The second-order valence-electron chi connectivity index (χ2n) is 9.46. The van der Waals surface area contributed by atoms with Crippen LogP contribution in [0.15, 0.2) is 83.4 Å². The Morgan fingerprint density at radius 1 is 0.973 bits per heavy atom. The van der Waals surface area contributed by atoms with Crippen molar-refractivity contribution in [1.82, 2.24) is 15.2 Å². The first-order valence-electron chi connectivity index (χ1n) is 12.9. The van der Waals surface area contributed by atoms with Crippen molar-refractivity contribution in [3.05, 3.63) is 96.0 Å². The Kier molecular flexibility index (Phi) is 7.96. The number of aromatic nitrogens is 1. The van der Waals surface area contributed by atoms with E-state index in [9.17, 15) is 4.79 Å². The highest BCUT2D eigenvalue weighted by Crippen LogP contribution is 2.26. The number of likely N-dealkylation sites (tertiary alicyclic amines) is 1. The minimum atomic E-state index is -0.0278. The van der Waals surface area contributed by atoms with Crippen LogP contribution in [0, 0.1) is 0 Å². The average Bonchev–Trinajstić information content (AvgIpc) is 3.64. The minimum absolute atomic E-state index is 0.0278. The van der Waals surface area contributed by atoms with E-state index in [-0.39, 0.29) is 5.91 Å². The van der Waals surface area contributed by atoms with Crippen LogP contribution in [0.2, 0.25) is 0 Å². The highest BCUT2D eigenvalue weighted by atomic mass is 16.5. The van der Waals surface area contributed by atoms with Gasteiger partial charge in [-0.05, 0) is 72.5 Å². The van der Waals surface area contributed by atoms with Gasteiger partial charge in [-0.15, -0.1) is 0 Å². The Balaban J connectivity index is 1.14. The van der Waals surface area contributed by atoms with E-state index >= 15 is 0 Å². The molecule has 1 aliphatic rings. The Bertz CT molecular complexity index is 1310. The number of benzene rings is 3. The molecule has 1 fully saturated rings. The van der Waals surface area contributed by atoms with E-state index in [2.05, 4.69) is 51.6 Å². The number of rotatable bonds is 10. The molecule has 0 bridgehead atoms. The second-order valence-corrected chi connectivity index (χ2v) is 9.46. The van der Waals surface area contributed by atoms with Crippen molar-refractivity contribution >= 4 is 5.91 Å². The van der Waals surface area contributed by atoms with Gasteiger partial charge in [-0.2, -0.15) is 0 Å². The van der Waals surface area contributed by atoms with Crippen LogP contribution >= 0.6 is 0 Å². The average molecular weight is 496 g/mol. The van der Waals surface area contributed by atoms with Crippen LogP contribution in [0.25, 0.3) is 22.5 Å². The molecular formula is C31H33N3O3. The topological polar surface area (TPSA) is 67.6 Å². The third kappa shape index (κ3) is 6.46. The van der Waals surface area contributed by atoms with Gasteiger partial charge >= 0.3 is 0 Å². The fourth-order valence-corrected chi connectivity index (χ4v) is 4.76. The van der Waals surface area contributed by atoms with Gasteiger partial charge in [0.2, 0.25) is 5.91 Å². The standard InChI is InChI=1S/C31H33N3O3/c1-36-27-14-12-25(13-15-27)29-21-33-31(37-29)17-16-30(35)32-20-26-6-2-3-7-28(26)24-10-8-23(9-11-24)22-34-18-4-5-19-34/h2-3,6-15,21H,4-5,16-20,22H2,1H3,(H,32,35). The van der Waals surface area contributed by atoms with Gasteiger partial charge in [-0.3, -0.25) is 9.69 Å². The number of hydrogen-bond donors (Lipinski definition) is 1. The van der Waals surface area contributed by atoms with Crippen molar-refractivity contribution in [3.63, 3.8) is 0 Å². The Morgan fingerprint density at radius 3 is 2.46 bits per heavy atom. The number of hydrogen-bond acceptors (Lipinski definition) is 5. The molecule has 1 saturated heterocycles. The van der Waals surface area contributed by atoms with Crippen molar-refractivity contribution in [2.45, 2.75) is 38.8 Å². The molecule has 0 atom stereocenters. The number of methoxy groups -OCH3 is 1. The summed E-state index contributed by atoms with van der Waals surface area (Å²) in [4.78, 5) is 19.4. The Labute approximate surface area is 218 Å². The minimum Gasteiger partial charge on any atom is -0.497 e. The molecule has 6 heteroatoms. The molecule has 0 aliphatic carbocycles. The van der Waals surface area contributed by atoms with Gasteiger partial charge in [-0.25, -0.2) is 4.98 Å². The van der Waals surface area contributed by atoms with Crippen LogP contribution < -0.4 is 10.1 Å². The second kappa shape index (κ2) is 11.9. The summed E-state index contributed by atoms with van der Waals surface area (Å²) >= 11 is 0. The predicted molar refractivity (Wildman–Crippen MR) is 145 cm³/mol. The number of ether oxygens (including phenoxy) is 1. The van der Waals surface area contributed by atoms with E-state index < -0.39 is 0 Å². The lowest BCUT2D eigenvalue weighted by Gasteiger charge is -2.15. The normalized spacial score (nSPS) is 13.5. The number of oxazole rings is 1. The quantitative estimate of drug-likeness (QED) is 0.298. The van der Waals surface area contributed by atoms with Gasteiger partial charge in [0.1, 0.15) is 5.75 Å². The first kappa shape index (κ1) is 24.8. The number of aryl methyl sites for hydroxylation is 1. The zero-order valence-corrected chi connectivity index (χ0v) is 21.3. The molecular weight excluding hydrogens is 462 g/mol. The molecule has 6 nitrogen and oxygen atoms in total. The van der Waals surface area contributed by atoms with E-state index in [1.165, 1.54) is 37.1 Å². The van der Waals surface area contributed by atoms with Gasteiger partial charge < -0.3 is 14.5 Å². The van der Waals surface area contributed by atoms with E-state index in [1.807, 2.05) is 36.4 Å². The third-order valence-corrected chi connectivity index (χ3v) is 6.86. The molecule has 3 aromatic carbocycles. The van der Waals surface area contributed by atoms with Crippen LogP contribution in [0.1, 0.15) is 36.3 Å². The lowest BCUT2D eigenvalue weighted by atomic mass is 9.98. The van der Waals surface area contributed by atoms with Crippen molar-refractivity contribution in [3.8, 4) is 28.2 Å². The van der Waals surface area contributed by atoms with E-state index in [1.54, 1.807) is 13.3 Å². The van der Waals surface area contributed by atoms with E-state index in [4.69, 9.17) is 9.15 Å². The molecule has 0 saturated carbocycles. The van der Waals surface area contributed by atoms with Gasteiger partial charge in [-0.1, -0.05) is 48.5 Å². The SMILES string of the molecule is COc1ccc(-c2cnc(CCC(=O)NCc3ccccc3-c3ccc(CN4CCCC4)cc3)o2)cc1. The predicted octanol–water partition coefficient (Wildman–Crippen LogP) is 5.86. The maximum Gasteiger partial charge on any atom is 0.220 e. The molecule has 0 spiro atoms. The van der Waals surface area contributed by atoms with Crippen LogP contribution in [0.3, 0.4) is 0 Å². The summed E-state index contributed by atoms with van der Waals surface area (Å²) in [6, 6.07) is 24.7. The number of carbonyl (C=O) groups excluding carboxylic acids is 1. The molecule has 1 N–H and O–H groups in total. The summed E-state index contributed by atoms with van der Waals surface area (Å²) in [5, 5.41) is 3.06. The number of carbonyl (C=O) groups is 1. The summed E-state index contributed by atoms with van der Waals surface area (Å²) in [6.45, 7) is 3.89. The third-order valence-electron chi connectivity index (χ3n) is 6.86. The Hall–Kier alpha value is -3.90. The largest absolute Gasteiger partial charge is 0.497 e. The van der Waals surface area contributed by atoms with E-state index in [0.717, 1.165) is 29.0 Å².